The molecular formula is C16H22BrClN4O. The molecule has 1 aromatic heterocycles. The molecule has 0 saturated heterocycles. The molecule has 2 aromatic rings. The molecule has 0 spiro atoms. The fourth-order valence-electron chi connectivity index (χ4n) is 2.23. The van der Waals surface area contributed by atoms with E-state index in [1.165, 1.54) is 0 Å². The molecule has 23 heavy (non-hydrogen) atoms. The van der Waals surface area contributed by atoms with E-state index in [1.54, 1.807) is 17.1 Å². The zero-order valence-electron chi connectivity index (χ0n) is 13.2. The van der Waals surface area contributed by atoms with Gasteiger partial charge in [-0.3, -0.25) is 4.79 Å². The molecule has 0 saturated carbocycles. The van der Waals surface area contributed by atoms with Crippen LogP contribution < -0.4 is 11.1 Å². The summed E-state index contributed by atoms with van der Waals surface area (Å²) in [7, 11) is 0. The lowest BCUT2D eigenvalue weighted by molar-refractivity contribution is 0.0934. The van der Waals surface area contributed by atoms with Crippen LogP contribution >= 0.6 is 28.3 Å². The Bertz CT molecular complexity index is 627. The van der Waals surface area contributed by atoms with Crippen LogP contribution in [0.2, 0.25) is 0 Å². The maximum atomic E-state index is 12.3. The molecule has 0 fully saturated rings. The fraction of sp³-hybridized carbons (Fsp3) is 0.375. The first-order chi connectivity index (χ1) is 10.5. The van der Waals surface area contributed by atoms with Gasteiger partial charge in [-0.25, -0.2) is 4.68 Å². The molecule has 7 heteroatoms. The van der Waals surface area contributed by atoms with Crippen LogP contribution in [0.15, 0.2) is 41.1 Å². The second kappa shape index (κ2) is 9.05. The standard InChI is InChI=1S/C16H21BrN4O.ClH/c1-11(2)7-14(8-18)20-16(22)12-9-19-21(10-12)15-5-3-13(17)4-6-15;/h3-6,9-11,14H,7-8,18H2,1-2H3,(H,20,22);1H. The Morgan fingerprint density at radius 3 is 2.57 bits per heavy atom. The van der Waals surface area contributed by atoms with Crippen LogP contribution in [0.5, 0.6) is 0 Å². The number of amides is 1. The number of halogens is 2. The van der Waals surface area contributed by atoms with Crippen molar-refractivity contribution in [1.29, 1.82) is 0 Å². The van der Waals surface area contributed by atoms with Crippen LogP contribution in [0.1, 0.15) is 30.6 Å². The summed E-state index contributed by atoms with van der Waals surface area (Å²) in [6, 6.07) is 7.72. The average molecular weight is 402 g/mol. The summed E-state index contributed by atoms with van der Waals surface area (Å²) in [4.78, 5) is 12.3. The van der Waals surface area contributed by atoms with Gasteiger partial charge in [0.05, 0.1) is 17.4 Å². The van der Waals surface area contributed by atoms with E-state index in [4.69, 9.17) is 5.73 Å². The van der Waals surface area contributed by atoms with Crippen LogP contribution in [0.3, 0.4) is 0 Å². The Labute approximate surface area is 151 Å². The molecule has 126 valence electrons. The summed E-state index contributed by atoms with van der Waals surface area (Å²) in [5.41, 5.74) is 7.15. The molecule has 0 aliphatic heterocycles. The predicted molar refractivity (Wildman–Crippen MR) is 98.3 cm³/mol. The van der Waals surface area contributed by atoms with Gasteiger partial charge >= 0.3 is 0 Å². The lowest BCUT2D eigenvalue weighted by Crippen LogP contribution is -2.40. The summed E-state index contributed by atoms with van der Waals surface area (Å²) >= 11 is 3.40. The minimum Gasteiger partial charge on any atom is -0.348 e. The van der Waals surface area contributed by atoms with Crippen LogP contribution in [-0.2, 0) is 0 Å². The topological polar surface area (TPSA) is 72.9 Å². The van der Waals surface area contributed by atoms with Gasteiger partial charge < -0.3 is 11.1 Å². The third kappa shape index (κ3) is 5.64. The van der Waals surface area contributed by atoms with Gasteiger partial charge in [-0.15, -0.1) is 12.4 Å². The molecule has 1 heterocycles. The van der Waals surface area contributed by atoms with Crippen molar-refractivity contribution in [2.75, 3.05) is 6.54 Å². The lowest BCUT2D eigenvalue weighted by Gasteiger charge is -2.18. The number of aromatic nitrogens is 2. The zero-order valence-corrected chi connectivity index (χ0v) is 15.6. The Hall–Kier alpha value is -1.37. The van der Waals surface area contributed by atoms with Crippen LogP contribution in [-0.4, -0.2) is 28.3 Å². The first-order valence-electron chi connectivity index (χ1n) is 7.31. The number of hydrogen-bond acceptors (Lipinski definition) is 3. The highest BCUT2D eigenvalue weighted by Crippen LogP contribution is 2.14. The van der Waals surface area contributed by atoms with Gasteiger partial charge in [0.1, 0.15) is 0 Å². The molecule has 2 rings (SSSR count). The van der Waals surface area contributed by atoms with Crippen molar-refractivity contribution in [3.63, 3.8) is 0 Å². The number of carbonyl (C=O) groups is 1. The first kappa shape index (κ1) is 19.7. The third-order valence-corrected chi connectivity index (χ3v) is 3.84. The van der Waals surface area contributed by atoms with Crippen LogP contribution in [0.25, 0.3) is 5.69 Å². The molecule has 5 nitrogen and oxygen atoms in total. The second-order valence-corrected chi connectivity index (χ2v) is 6.60. The van der Waals surface area contributed by atoms with Gasteiger partial charge in [-0.1, -0.05) is 29.8 Å². The van der Waals surface area contributed by atoms with Gasteiger partial charge in [-0.05, 0) is 36.6 Å². The van der Waals surface area contributed by atoms with Crippen molar-refractivity contribution in [2.45, 2.75) is 26.3 Å². The van der Waals surface area contributed by atoms with E-state index in [9.17, 15) is 4.79 Å². The monoisotopic (exact) mass is 400 g/mol. The molecule has 0 aliphatic carbocycles. The minimum absolute atomic E-state index is 0. The molecule has 0 aliphatic rings. The van der Waals surface area contributed by atoms with Crippen molar-refractivity contribution >= 4 is 34.2 Å². The largest absolute Gasteiger partial charge is 0.348 e. The smallest absolute Gasteiger partial charge is 0.254 e. The van der Waals surface area contributed by atoms with E-state index < -0.39 is 0 Å². The Morgan fingerprint density at radius 2 is 2.00 bits per heavy atom. The van der Waals surface area contributed by atoms with Gasteiger partial charge in [0.25, 0.3) is 5.91 Å². The maximum Gasteiger partial charge on any atom is 0.254 e. The normalized spacial score (nSPS) is 11.9. The molecule has 1 atom stereocenters. The SMILES string of the molecule is CC(C)CC(CN)NC(=O)c1cnn(-c2ccc(Br)cc2)c1.Cl. The summed E-state index contributed by atoms with van der Waals surface area (Å²) in [5.74, 6) is 0.346. The average Bonchev–Trinajstić information content (AvgIpc) is 2.96. The van der Waals surface area contributed by atoms with Gasteiger partial charge in [0.15, 0.2) is 0 Å². The summed E-state index contributed by atoms with van der Waals surface area (Å²) in [6.07, 6.45) is 4.16. The van der Waals surface area contributed by atoms with Crippen molar-refractivity contribution in [2.24, 2.45) is 11.7 Å². The van der Waals surface area contributed by atoms with Crippen molar-refractivity contribution < 1.29 is 4.79 Å². The lowest BCUT2D eigenvalue weighted by atomic mass is 10.0. The van der Waals surface area contributed by atoms with E-state index in [-0.39, 0.29) is 24.4 Å². The zero-order chi connectivity index (χ0) is 16.1. The third-order valence-electron chi connectivity index (χ3n) is 3.31. The van der Waals surface area contributed by atoms with Gasteiger partial charge in [0, 0.05) is 23.3 Å². The van der Waals surface area contributed by atoms with Gasteiger partial charge in [-0.2, -0.15) is 5.10 Å². The highest BCUT2D eigenvalue weighted by atomic mass is 79.9. The van der Waals surface area contributed by atoms with E-state index in [0.29, 0.717) is 18.0 Å². The van der Waals surface area contributed by atoms with Crippen LogP contribution in [0.4, 0.5) is 0 Å². The minimum atomic E-state index is -0.139. The fourth-order valence-corrected chi connectivity index (χ4v) is 2.49. The summed E-state index contributed by atoms with van der Waals surface area (Å²) < 4.78 is 2.68. The Balaban J connectivity index is 0.00000264. The first-order valence-corrected chi connectivity index (χ1v) is 8.10. The predicted octanol–water partition coefficient (Wildman–Crippen LogP) is 3.16. The molecule has 1 unspecified atom stereocenters. The van der Waals surface area contributed by atoms with E-state index in [1.807, 2.05) is 24.3 Å². The number of nitrogens with zero attached hydrogens (tertiary/aromatic N) is 2. The number of nitrogens with two attached hydrogens (primary N) is 1. The van der Waals surface area contributed by atoms with Gasteiger partial charge in [0.2, 0.25) is 0 Å². The Kier molecular flexibility index (Phi) is 7.75. The maximum absolute atomic E-state index is 12.3. The highest BCUT2D eigenvalue weighted by Gasteiger charge is 2.15. The number of nitrogens with one attached hydrogen (secondary N) is 1. The van der Waals surface area contributed by atoms with E-state index in [0.717, 1.165) is 16.6 Å². The highest BCUT2D eigenvalue weighted by molar-refractivity contribution is 9.10. The van der Waals surface area contributed by atoms with Crippen molar-refractivity contribution in [3.05, 3.63) is 46.7 Å². The number of hydrogen-bond donors (Lipinski definition) is 2. The quantitative estimate of drug-likeness (QED) is 0.781. The van der Waals surface area contributed by atoms with Crippen molar-refractivity contribution in [1.82, 2.24) is 15.1 Å². The molecule has 1 amide bonds. The molecule has 0 bridgehead atoms. The molecular weight excluding hydrogens is 380 g/mol. The number of carbonyl (C=O) groups excluding carboxylic acids is 1. The number of benzene rings is 1. The van der Waals surface area contributed by atoms with E-state index in [2.05, 4.69) is 40.2 Å². The molecule has 1 aromatic carbocycles. The van der Waals surface area contributed by atoms with Crippen LogP contribution in [0, 0.1) is 5.92 Å². The molecule has 3 N–H and O–H groups in total. The number of rotatable bonds is 6. The summed E-state index contributed by atoms with van der Waals surface area (Å²) in [5, 5.41) is 7.20. The van der Waals surface area contributed by atoms with Crippen molar-refractivity contribution in [3.8, 4) is 5.69 Å². The Morgan fingerprint density at radius 1 is 1.35 bits per heavy atom. The summed E-state index contributed by atoms with van der Waals surface area (Å²) in [6.45, 7) is 4.66. The molecule has 0 radical (unpaired) electrons. The second-order valence-electron chi connectivity index (χ2n) is 5.69. The van der Waals surface area contributed by atoms with E-state index >= 15 is 0 Å².